The van der Waals surface area contributed by atoms with Gasteiger partial charge >= 0.3 is 0 Å². The summed E-state index contributed by atoms with van der Waals surface area (Å²) in [5.41, 5.74) is 0. The van der Waals surface area contributed by atoms with Crippen LogP contribution in [0.3, 0.4) is 0 Å². The van der Waals surface area contributed by atoms with Crippen LogP contribution < -0.4 is 9.47 Å². The predicted octanol–water partition coefficient (Wildman–Crippen LogP) is 1.87. The van der Waals surface area contributed by atoms with Crippen LogP contribution in [-0.2, 0) is 0 Å². The summed E-state index contributed by atoms with van der Waals surface area (Å²) < 4.78 is 11.3. The van der Waals surface area contributed by atoms with Gasteiger partial charge in [-0.25, -0.2) is 0 Å². The fourth-order valence-electron chi connectivity index (χ4n) is 1.81. The van der Waals surface area contributed by atoms with Crippen LogP contribution in [0.25, 0.3) is 0 Å². The highest BCUT2D eigenvalue weighted by Gasteiger charge is 2.24. The molecule has 0 aliphatic rings. The summed E-state index contributed by atoms with van der Waals surface area (Å²) in [5.74, 6) is 1.25. The van der Waals surface area contributed by atoms with Gasteiger partial charge < -0.3 is 19.7 Å². The van der Waals surface area contributed by atoms with Crippen molar-refractivity contribution in [1.29, 1.82) is 0 Å². The number of ether oxygens (including phenoxy) is 2. The molecule has 0 spiro atoms. The molecule has 2 rings (SSSR count). The first-order valence-corrected chi connectivity index (χ1v) is 6.48. The van der Waals surface area contributed by atoms with Crippen molar-refractivity contribution in [3.8, 4) is 11.5 Å². The third-order valence-corrected chi connectivity index (χ3v) is 2.84. The molecule has 0 amide bonds. The van der Waals surface area contributed by atoms with E-state index >= 15 is 0 Å². The molecule has 0 aliphatic carbocycles. The molecule has 0 saturated carbocycles. The Kier molecular flexibility index (Phi) is 5.41. The zero-order valence-corrected chi connectivity index (χ0v) is 11.1. The van der Waals surface area contributed by atoms with Gasteiger partial charge in [-0.2, -0.15) is 0 Å². The second-order valence-corrected chi connectivity index (χ2v) is 4.30. The van der Waals surface area contributed by atoms with E-state index in [1.54, 1.807) is 24.3 Å². The van der Waals surface area contributed by atoms with E-state index in [1.165, 1.54) is 0 Å². The summed E-state index contributed by atoms with van der Waals surface area (Å²) >= 11 is 0. The van der Waals surface area contributed by atoms with Gasteiger partial charge in [0.25, 0.3) is 0 Å². The van der Waals surface area contributed by atoms with Crippen LogP contribution in [0.15, 0.2) is 60.7 Å². The topological polar surface area (TPSA) is 58.9 Å². The third kappa shape index (κ3) is 3.98. The van der Waals surface area contributed by atoms with E-state index in [9.17, 15) is 10.2 Å². The molecule has 4 nitrogen and oxygen atoms in total. The highest BCUT2D eigenvalue weighted by Crippen LogP contribution is 2.17. The average Bonchev–Trinajstić information content (AvgIpc) is 2.52. The molecule has 4 heteroatoms. The lowest BCUT2D eigenvalue weighted by molar-refractivity contribution is -0.0116. The van der Waals surface area contributed by atoms with Gasteiger partial charge in [0.2, 0.25) is 0 Å². The monoisotopic (exact) mass is 274 g/mol. The molecule has 2 unspecified atom stereocenters. The zero-order valence-electron chi connectivity index (χ0n) is 11.1. The van der Waals surface area contributed by atoms with Gasteiger partial charge in [0.05, 0.1) is 13.2 Å². The van der Waals surface area contributed by atoms with Crippen LogP contribution in [0.1, 0.15) is 0 Å². The van der Waals surface area contributed by atoms with Gasteiger partial charge in [0.15, 0.2) is 12.2 Å². The summed E-state index contributed by atoms with van der Waals surface area (Å²) in [6.07, 6.45) is -1.27. The molecule has 106 valence electrons. The lowest BCUT2D eigenvalue weighted by Crippen LogP contribution is -2.41. The second kappa shape index (κ2) is 7.53. The lowest BCUT2D eigenvalue weighted by Gasteiger charge is -2.25. The first-order valence-electron chi connectivity index (χ1n) is 6.48. The molecule has 2 aromatic rings. The van der Waals surface area contributed by atoms with Gasteiger partial charge in [-0.05, 0) is 24.3 Å². The number of aliphatic hydroxyl groups is 2. The van der Waals surface area contributed by atoms with Crippen molar-refractivity contribution in [2.75, 3.05) is 13.2 Å². The molecule has 20 heavy (non-hydrogen) atoms. The minimum Gasteiger partial charge on any atom is -0.484 e. The van der Waals surface area contributed by atoms with Crippen LogP contribution in [0.4, 0.5) is 0 Å². The van der Waals surface area contributed by atoms with Crippen LogP contribution in [0.5, 0.6) is 11.5 Å². The maximum Gasteiger partial charge on any atom is 0.161 e. The van der Waals surface area contributed by atoms with E-state index in [0.717, 1.165) is 0 Å². The van der Waals surface area contributed by atoms with Crippen LogP contribution in [-0.4, -0.2) is 35.6 Å². The summed E-state index contributed by atoms with van der Waals surface area (Å²) in [7, 11) is 0. The van der Waals surface area contributed by atoms with Gasteiger partial charge in [-0.3, -0.25) is 0 Å². The number of benzene rings is 2. The smallest absolute Gasteiger partial charge is 0.161 e. The molecule has 2 N–H and O–H groups in total. The fraction of sp³-hybridized carbons (Fsp3) is 0.250. The standard InChI is InChI=1S/C16H18O4/c17-11-15(19-13-7-3-1-4-8-13)16(12-18)20-14-9-5-2-6-10-14/h1-10,15-18H,11-12H2. The Bertz CT molecular complexity index is 439. The first kappa shape index (κ1) is 14.4. The van der Waals surface area contributed by atoms with Crippen molar-refractivity contribution in [3.05, 3.63) is 60.7 Å². The Morgan fingerprint density at radius 3 is 1.30 bits per heavy atom. The highest BCUT2D eigenvalue weighted by molar-refractivity contribution is 5.23. The Balaban J connectivity index is 2.04. The molecule has 0 radical (unpaired) electrons. The van der Waals surface area contributed by atoms with Crippen LogP contribution >= 0.6 is 0 Å². The Labute approximate surface area is 118 Å². The maximum atomic E-state index is 9.45. The second-order valence-electron chi connectivity index (χ2n) is 4.30. The van der Waals surface area contributed by atoms with Crippen LogP contribution in [0.2, 0.25) is 0 Å². The van der Waals surface area contributed by atoms with Gasteiger partial charge in [0.1, 0.15) is 11.5 Å². The lowest BCUT2D eigenvalue weighted by atomic mass is 10.2. The minimum atomic E-state index is -0.636. The number of rotatable bonds is 7. The van der Waals surface area contributed by atoms with Gasteiger partial charge in [-0.1, -0.05) is 36.4 Å². The maximum absolute atomic E-state index is 9.45. The fourth-order valence-corrected chi connectivity index (χ4v) is 1.81. The molecular weight excluding hydrogens is 256 g/mol. The van der Waals surface area contributed by atoms with E-state index < -0.39 is 12.2 Å². The number of para-hydroxylation sites is 2. The quantitative estimate of drug-likeness (QED) is 0.809. The molecule has 2 atom stereocenters. The van der Waals surface area contributed by atoms with Crippen molar-refractivity contribution in [2.45, 2.75) is 12.2 Å². The minimum absolute atomic E-state index is 0.243. The number of hydrogen-bond acceptors (Lipinski definition) is 4. The molecular formula is C16H18O4. The molecule has 2 aromatic carbocycles. The van der Waals surface area contributed by atoms with E-state index in [2.05, 4.69) is 0 Å². The van der Waals surface area contributed by atoms with E-state index in [-0.39, 0.29) is 13.2 Å². The van der Waals surface area contributed by atoms with Crippen molar-refractivity contribution in [2.24, 2.45) is 0 Å². The largest absolute Gasteiger partial charge is 0.484 e. The Hall–Kier alpha value is -2.04. The molecule has 0 saturated heterocycles. The number of aliphatic hydroxyl groups excluding tert-OH is 2. The highest BCUT2D eigenvalue weighted by atomic mass is 16.6. The van der Waals surface area contributed by atoms with Gasteiger partial charge in [0, 0.05) is 0 Å². The Morgan fingerprint density at radius 1 is 0.650 bits per heavy atom. The van der Waals surface area contributed by atoms with Crippen molar-refractivity contribution < 1.29 is 19.7 Å². The van der Waals surface area contributed by atoms with E-state index in [1.807, 2.05) is 36.4 Å². The SMILES string of the molecule is OCC(Oc1ccccc1)C(CO)Oc1ccccc1. The normalized spacial score (nSPS) is 13.5. The zero-order chi connectivity index (χ0) is 14.2. The summed E-state index contributed by atoms with van der Waals surface area (Å²) in [5, 5.41) is 18.9. The summed E-state index contributed by atoms with van der Waals surface area (Å²) in [4.78, 5) is 0. The molecule has 0 bridgehead atoms. The molecule has 0 heterocycles. The third-order valence-electron chi connectivity index (χ3n) is 2.84. The molecule has 0 aromatic heterocycles. The summed E-state index contributed by atoms with van der Waals surface area (Å²) in [6, 6.07) is 18.3. The van der Waals surface area contributed by atoms with Crippen molar-refractivity contribution >= 4 is 0 Å². The van der Waals surface area contributed by atoms with E-state index in [0.29, 0.717) is 11.5 Å². The van der Waals surface area contributed by atoms with Gasteiger partial charge in [-0.15, -0.1) is 0 Å². The molecule has 0 aliphatic heterocycles. The van der Waals surface area contributed by atoms with Crippen molar-refractivity contribution in [3.63, 3.8) is 0 Å². The predicted molar refractivity (Wildman–Crippen MR) is 75.9 cm³/mol. The first-order chi connectivity index (χ1) is 9.83. The number of hydrogen-bond donors (Lipinski definition) is 2. The molecule has 0 fully saturated rings. The van der Waals surface area contributed by atoms with Crippen molar-refractivity contribution in [1.82, 2.24) is 0 Å². The van der Waals surface area contributed by atoms with E-state index in [4.69, 9.17) is 9.47 Å². The Morgan fingerprint density at radius 2 is 1.00 bits per heavy atom. The average molecular weight is 274 g/mol. The summed E-state index contributed by atoms with van der Waals surface area (Å²) in [6.45, 7) is -0.486. The van der Waals surface area contributed by atoms with Crippen LogP contribution in [0, 0.1) is 0 Å².